The first-order valence-corrected chi connectivity index (χ1v) is 10.4. The molecule has 1 aromatic heterocycles. The van der Waals surface area contributed by atoms with Crippen LogP contribution in [0.25, 0.3) is 11.5 Å². The number of hydrogen-bond acceptors (Lipinski definition) is 8. The van der Waals surface area contributed by atoms with E-state index in [2.05, 4.69) is 15.5 Å². The Bertz CT molecular complexity index is 975. The van der Waals surface area contributed by atoms with E-state index in [1.165, 1.54) is 11.8 Å². The first-order valence-electron chi connectivity index (χ1n) is 9.43. The second-order valence-corrected chi connectivity index (χ2v) is 7.00. The molecule has 0 saturated carbocycles. The number of aromatic nitrogens is 2. The lowest BCUT2D eigenvalue weighted by molar-refractivity contribution is -0.113. The van der Waals surface area contributed by atoms with Gasteiger partial charge in [-0.2, -0.15) is 0 Å². The summed E-state index contributed by atoms with van der Waals surface area (Å²) >= 11 is 1.40. The molecule has 158 valence electrons. The van der Waals surface area contributed by atoms with Crippen LogP contribution in [0.5, 0.6) is 17.2 Å². The van der Waals surface area contributed by atoms with E-state index in [9.17, 15) is 4.79 Å². The molecule has 30 heavy (non-hydrogen) atoms. The zero-order valence-corrected chi connectivity index (χ0v) is 17.8. The van der Waals surface area contributed by atoms with E-state index >= 15 is 0 Å². The third kappa shape index (κ3) is 5.66. The van der Waals surface area contributed by atoms with Crippen LogP contribution in [0.1, 0.15) is 13.8 Å². The molecule has 0 radical (unpaired) electrons. The molecule has 0 aliphatic heterocycles. The second kappa shape index (κ2) is 10.5. The van der Waals surface area contributed by atoms with E-state index in [1.807, 2.05) is 38.1 Å². The van der Waals surface area contributed by atoms with E-state index in [0.717, 1.165) is 10.6 Å². The van der Waals surface area contributed by atoms with E-state index in [0.29, 0.717) is 30.3 Å². The molecule has 0 saturated heterocycles. The van der Waals surface area contributed by atoms with Crippen molar-refractivity contribution in [1.82, 2.24) is 10.2 Å². The molecule has 2 aromatic carbocycles. The maximum atomic E-state index is 12.2. The van der Waals surface area contributed by atoms with Gasteiger partial charge in [0.2, 0.25) is 11.8 Å². The number of carbonyl (C=O) groups is 1. The van der Waals surface area contributed by atoms with Gasteiger partial charge in [-0.3, -0.25) is 10.1 Å². The van der Waals surface area contributed by atoms with Crippen LogP contribution in [0, 0.1) is 0 Å². The van der Waals surface area contributed by atoms with Crippen molar-refractivity contribution < 1.29 is 23.4 Å². The van der Waals surface area contributed by atoms with Gasteiger partial charge in [-0.1, -0.05) is 5.10 Å². The molecule has 1 N–H and O–H groups in total. The van der Waals surface area contributed by atoms with Gasteiger partial charge in [0, 0.05) is 10.5 Å². The van der Waals surface area contributed by atoms with Crippen molar-refractivity contribution in [3.8, 4) is 28.7 Å². The molecule has 0 aliphatic rings. The predicted octanol–water partition coefficient (Wildman–Crippen LogP) is 4.27. The average molecular weight is 429 g/mol. The van der Waals surface area contributed by atoms with Crippen LogP contribution < -0.4 is 19.5 Å². The summed E-state index contributed by atoms with van der Waals surface area (Å²) in [5.74, 6) is 2.25. The van der Waals surface area contributed by atoms with Gasteiger partial charge in [0.05, 0.1) is 26.1 Å². The molecular formula is C21H23N3O5S. The van der Waals surface area contributed by atoms with E-state index in [-0.39, 0.29) is 23.6 Å². The molecule has 0 fully saturated rings. The van der Waals surface area contributed by atoms with E-state index < -0.39 is 0 Å². The Morgan fingerprint density at radius 1 is 1.03 bits per heavy atom. The number of methoxy groups -OCH3 is 1. The summed E-state index contributed by atoms with van der Waals surface area (Å²) in [6.07, 6.45) is 0. The summed E-state index contributed by atoms with van der Waals surface area (Å²) in [6.45, 7) is 4.83. The van der Waals surface area contributed by atoms with Crippen molar-refractivity contribution in [1.29, 1.82) is 0 Å². The molecule has 9 heteroatoms. The lowest BCUT2D eigenvalue weighted by atomic mass is 10.2. The molecular weight excluding hydrogens is 406 g/mol. The third-order valence-electron chi connectivity index (χ3n) is 3.89. The van der Waals surface area contributed by atoms with E-state index in [1.54, 1.807) is 25.3 Å². The highest BCUT2D eigenvalue weighted by Crippen LogP contribution is 2.33. The summed E-state index contributed by atoms with van der Waals surface area (Å²) in [5, 5.41) is 10.5. The Kier molecular flexibility index (Phi) is 7.56. The Morgan fingerprint density at radius 3 is 2.47 bits per heavy atom. The van der Waals surface area contributed by atoms with Gasteiger partial charge < -0.3 is 18.6 Å². The molecule has 0 bridgehead atoms. The zero-order chi connectivity index (χ0) is 21.3. The van der Waals surface area contributed by atoms with Crippen molar-refractivity contribution in [2.75, 3.05) is 31.4 Å². The molecule has 3 aromatic rings. The van der Waals surface area contributed by atoms with Crippen LogP contribution in [-0.2, 0) is 4.79 Å². The minimum atomic E-state index is -0.243. The fourth-order valence-electron chi connectivity index (χ4n) is 2.55. The predicted molar refractivity (Wildman–Crippen MR) is 114 cm³/mol. The number of anilines is 1. The third-order valence-corrected chi connectivity index (χ3v) is 4.90. The molecule has 0 spiro atoms. The SMILES string of the molecule is CCOc1ccc(-c2nnc(NC(=O)CSc3ccc(OC)cc3)o2)cc1OCC. The molecule has 0 aliphatic carbocycles. The molecule has 1 amide bonds. The lowest BCUT2D eigenvalue weighted by Crippen LogP contribution is -2.14. The number of rotatable bonds is 10. The van der Waals surface area contributed by atoms with Crippen LogP contribution in [0.3, 0.4) is 0 Å². The van der Waals surface area contributed by atoms with Crippen LogP contribution in [0.2, 0.25) is 0 Å². The molecule has 1 heterocycles. The molecule has 3 rings (SSSR count). The highest BCUT2D eigenvalue weighted by molar-refractivity contribution is 8.00. The number of nitrogens with one attached hydrogen (secondary N) is 1. The van der Waals surface area contributed by atoms with Gasteiger partial charge >= 0.3 is 6.01 Å². The Balaban J connectivity index is 1.61. The Labute approximate surface area is 178 Å². The number of carbonyl (C=O) groups excluding carboxylic acids is 1. The minimum Gasteiger partial charge on any atom is -0.497 e. The largest absolute Gasteiger partial charge is 0.497 e. The fraction of sp³-hybridized carbons (Fsp3) is 0.286. The first kappa shape index (κ1) is 21.5. The average Bonchev–Trinajstić information content (AvgIpc) is 3.22. The monoisotopic (exact) mass is 429 g/mol. The van der Waals surface area contributed by atoms with Crippen LogP contribution in [0.4, 0.5) is 6.01 Å². The lowest BCUT2D eigenvalue weighted by Gasteiger charge is -2.11. The van der Waals surface area contributed by atoms with Gasteiger partial charge in [-0.25, -0.2) is 0 Å². The smallest absolute Gasteiger partial charge is 0.322 e. The van der Waals surface area contributed by atoms with E-state index in [4.69, 9.17) is 18.6 Å². The van der Waals surface area contributed by atoms with Crippen LogP contribution in [-0.4, -0.2) is 42.2 Å². The number of nitrogens with zero attached hydrogens (tertiary/aromatic N) is 2. The first-order chi connectivity index (χ1) is 14.6. The van der Waals surface area contributed by atoms with Gasteiger partial charge in [0.25, 0.3) is 0 Å². The van der Waals surface area contributed by atoms with Gasteiger partial charge in [-0.15, -0.1) is 16.9 Å². The molecule has 8 nitrogen and oxygen atoms in total. The maximum Gasteiger partial charge on any atom is 0.322 e. The van der Waals surface area contributed by atoms with Crippen molar-refractivity contribution >= 4 is 23.7 Å². The van der Waals surface area contributed by atoms with Crippen molar-refractivity contribution in [3.05, 3.63) is 42.5 Å². The number of amides is 1. The number of ether oxygens (including phenoxy) is 3. The number of thioether (sulfide) groups is 1. The summed E-state index contributed by atoms with van der Waals surface area (Å²) in [7, 11) is 1.61. The Hall–Kier alpha value is -3.20. The van der Waals surface area contributed by atoms with Crippen molar-refractivity contribution in [2.45, 2.75) is 18.7 Å². The maximum absolute atomic E-state index is 12.2. The molecule has 0 atom stereocenters. The Morgan fingerprint density at radius 2 is 1.77 bits per heavy atom. The van der Waals surface area contributed by atoms with Crippen LogP contribution >= 0.6 is 11.8 Å². The van der Waals surface area contributed by atoms with Crippen molar-refractivity contribution in [3.63, 3.8) is 0 Å². The topological polar surface area (TPSA) is 95.7 Å². The minimum absolute atomic E-state index is 0.0391. The number of benzene rings is 2. The van der Waals surface area contributed by atoms with Gasteiger partial charge in [0.15, 0.2) is 11.5 Å². The molecule has 0 unspecified atom stereocenters. The summed E-state index contributed by atoms with van der Waals surface area (Å²) < 4.78 is 21.9. The summed E-state index contributed by atoms with van der Waals surface area (Å²) in [6, 6.07) is 12.9. The van der Waals surface area contributed by atoms with Gasteiger partial charge in [-0.05, 0) is 56.3 Å². The highest BCUT2D eigenvalue weighted by atomic mass is 32.2. The number of hydrogen-bond donors (Lipinski definition) is 1. The van der Waals surface area contributed by atoms with Crippen molar-refractivity contribution in [2.24, 2.45) is 0 Å². The standard InChI is InChI=1S/C21H23N3O5S/c1-4-27-17-11-6-14(12-18(17)28-5-2)20-23-24-21(29-20)22-19(25)13-30-16-9-7-15(26-3)8-10-16/h6-12H,4-5,13H2,1-3H3,(H,22,24,25). The fourth-order valence-corrected chi connectivity index (χ4v) is 3.25. The summed E-state index contributed by atoms with van der Waals surface area (Å²) in [5.41, 5.74) is 0.669. The normalized spacial score (nSPS) is 10.5. The van der Waals surface area contributed by atoms with Gasteiger partial charge in [0.1, 0.15) is 5.75 Å². The zero-order valence-electron chi connectivity index (χ0n) is 17.0. The summed E-state index contributed by atoms with van der Waals surface area (Å²) in [4.78, 5) is 13.1. The quantitative estimate of drug-likeness (QED) is 0.477. The van der Waals surface area contributed by atoms with Crippen LogP contribution in [0.15, 0.2) is 51.8 Å². The second-order valence-electron chi connectivity index (χ2n) is 5.95. The highest BCUT2D eigenvalue weighted by Gasteiger charge is 2.14.